The van der Waals surface area contributed by atoms with Crippen molar-refractivity contribution in [3.63, 3.8) is 0 Å². The Labute approximate surface area is 229 Å². The molecule has 9 nitrogen and oxygen atoms in total. The Hall–Kier alpha value is -4.50. The number of carbonyl (C=O) groups is 2. The van der Waals surface area contributed by atoms with E-state index in [2.05, 4.69) is 20.6 Å². The summed E-state index contributed by atoms with van der Waals surface area (Å²) in [7, 11) is 0. The number of benzene rings is 2. The first-order valence-electron chi connectivity index (χ1n) is 12.7. The quantitative estimate of drug-likeness (QED) is 0.316. The smallest absolute Gasteiger partial charge is 0.292 e. The lowest BCUT2D eigenvalue weighted by molar-refractivity contribution is -0.115. The summed E-state index contributed by atoms with van der Waals surface area (Å²) in [6.45, 7) is 1.27. The molecular weight excluding hydrogens is 516 g/mol. The van der Waals surface area contributed by atoms with Crippen LogP contribution in [0.25, 0.3) is 16.9 Å². The molecule has 0 unspecified atom stereocenters. The van der Waals surface area contributed by atoms with E-state index < -0.39 is 0 Å². The maximum absolute atomic E-state index is 13.0. The van der Waals surface area contributed by atoms with Crippen LogP contribution >= 0.6 is 11.6 Å². The van der Waals surface area contributed by atoms with Crippen molar-refractivity contribution >= 4 is 34.7 Å². The largest absolute Gasteiger partial charge is 0.350 e. The van der Waals surface area contributed by atoms with Crippen molar-refractivity contribution in [3.8, 4) is 11.3 Å². The van der Waals surface area contributed by atoms with E-state index in [9.17, 15) is 9.59 Å². The van der Waals surface area contributed by atoms with E-state index in [0.29, 0.717) is 29.7 Å². The van der Waals surface area contributed by atoms with Crippen LogP contribution in [0.1, 0.15) is 40.4 Å². The zero-order valence-electron chi connectivity index (χ0n) is 21.0. The van der Waals surface area contributed by atoms with Gasteiger partial charge in [-0.25, -0.2) is 9.50 Å². The molecule has 5 aromatic rings. The highest BCUT2D eigenvalue weighted by atomic mass is 35.5. The Morgan fingerprint density at radius 1 is 1.00 bits per heavy atom. The number of hydrogen-bond donors (Lipinski definition) is 1. The Kier molecular flexibility index (Phi) is 6.81. The predicted octanol–water partition coefficient (Wildman–Crippen LogP) is 5.24. The van der Waals surface area contributed by atoms with Gasteiger partial charge in [-0.1, -0.05) is 47.1 Å². The number of aromatic nitrogens is 4. The van der Waals surface area contributed by atoms with Crippen molar-refractivity contribution in [3.05, 3.63) is 101 Å². The minimum Gasteiger partial charge on any atom is -0.350 e. The van der Waals surface area contributed by atoms with Gasteiger partial charge >= 0.3 is 0 Å². The molecule has 2 aromatic carbocycles. The number of likely N-dealkylation sites (tertiary alicyclic amines) is 1. The van der Waals surface area contributed by atoms with E-state index in [1.165, 1.54) is 11.9 Å². The Balaban J connectivity index is 1.01. The summed E-state index contributed by atoms with van der Waals surface area (Å²) in [4.78, 5) is 31.5. The van der Waals surface area contributed by atoms with E-state index in [1.807, 2.05) is 59.6 Å². The summed E-state index contributed by atoms with van der Waals surface area (Å²) in [5.41, 5.74) is 4.99. The molecule has 0 atom stereocenters. The van der Waals surface area contributed by atoms with Gasteiger partial charge in [-0.15, -0.1) is 0 Å². The SMILES string of the molecule is O=C(Cc1ccc2ncnn2c1)Nc1ccc(C2CCN(C(=O)c3cc(-c4ccc(Cl)cc4)no3)CC2)cc1. The number of rotatable bonds is 6. The average Bonchev–Trinajstić information content (AvgIpc) is 3.64. The van der Waals surface area contributed by atoms with Gasteiger partial charge in [0, 0.05) is 41.6 Å². The maximum atomic E-state index is 13.0. The topological polar surface area (TPSA) is 106 Å². The molecule has 39 heavy (non-hydrogen) atoms. The molecule has 2 amide bonds. The molecule has 0 aliphatic carbocycles. The third-order valence-electron chi connectivity index (χ3n) is 7.01. The summed E-state index contributed by atoms with van der Waals surface area (Å²) in [6, 6.07) is 20.6. The number of hydrogen-bond acceptors (Lipinski definition) is 6. The molecule has 10 heteroatoms. The van der Waals surface area contributed by atoms with Crippen molar-refractivity contribution in [2.75, 3.05) is 18.4 Å². The van der Waals surface area contributed by atoms with Crippen LogP contribution in [0.15, 0.2) is 83.8 Å². The highest BCUT2D eigenvalue weighted by Gasteiger charge is 2.27. The number of carbonyl (C=O) groups excluding carboxylic acids is 2. The standard InChI is InChI=1S/C29H25ClN6O3/c30-23-6-2-22(3-7-23)25-16-26(39-34-25)29(38)35-13-11-21(12-14-35)20-4-8-24(9-5-20)33-28(37)15-19-1-10-27-31-18-32-36(27)17-19/h1-10,16-18,21H,11-15H2,(H,33,37). The van der Waals surface area contributed by atoms with E-state index in [1.54, 1.807) is 22.7 Å². The van der Waals surface area contributed by atoms with Gasteiger partial charge in [0.2, 0.25) is 11.7 Å². The maximum Gasteiger partial charge on any atom is 0.292 e. The lowest BCUT2D eigenvalue weighted by Crippen LogP contribution is -2.37. The predicted molar refractivity (Wildman–Crippen MR) is 147 cm³/mol. The van der Waals surface area contributed by atoms with Crippen LogP contribution in [0.2, 0.25) is 5.02 Å². The number of piperidine rings is 1. The van der Waals surface area contributed by atoms with Crippen LogP contribution in [0.3, 0.4) is 0 Å². The van der Waals surface area contributed by atoms with Crippen molar-refractivity contribution in [2.45, 2.75) is 25.2 Å². The lowest BCUT2D eigenvalue weighted by atomic mass is 9.89. The molecule has 1 saturated heterocycles. The third-order valence-corrected chi connectivity index (χ3v) is 7.26. The molecular formula is C29H25ClN6O3. The number of nitrogens with zero attached hydrogens (tertiary/aromatic N) is 5. The zero-order chi connectivity index (χ0) is 26.8. The van der Waals surface area contributed by atoms with Gasteiger partial charge in [0.1, 0.15) is 12.0 Å². The molecule has 1 aliphatic heterocycles. The summed E-state index contributed by atoms with van der Waals surface area (Å²) >= 11 is 5.95. The highest BCUT2D eigenvalue weighted by molar-refractivity contribution is 6.30. The van der Waals surface area contributed by atoms with Gasteiger partial charge in [0.15, 0.2) is 5.65 Å². The first kappa shape index (κ1) is 24.8. The van der Waals surface area contributed by atoms with Crippen LogP contribution < -0.4 is 5.32 Å². The monoisotopic (exact) mass is 540 g/mol. The fourth-order valence-electron chi connectivity index (χ4n) is 4.90. The molecule has 6 rings (SSSR count). The third kappa shape index (κ3) is 5.53. The fraction of sp³-hybridized carbons (Fsp3) is 0.207. The van der Waals surface area contributed by atoms with E-state index in [-0.39, 0.29) is 24.0 Å². The molecule has 1 fully saturated rings. The number of pyridine rings is 1. The first-order valence-corrected chi connectivity index (χ1v) is 13.1. The summed E-state index contributed by atoms with van der Waals surface area (Å²) in [6.07, 6.45) is 5.23. The number of fused-ring (bicyclic) bond motifs is 1. The number of anilines is 1. The van der Waals surface area contributed by atoms with Gasteiger partial charge in [0.05, 0.1) is 6.42 Å². The van der Waals surface area contributed by atoms with Gasteiger partial charge in [-0.2, -0.15) is 5.10 Å². The molecule has 3 aromatic heterocycles. The van der Waals surface area contributed by atoms with Crippen LogP contribution in [0.5, 0.6) is 0 Å². The molecule has 196 valence electrons. The number of halogens is 1. The van der Waals surface area contributed by atoms with Gasteiger partial charge in [-0.3, -0.25) is 9.59 Å². The van der Waals surface area contributed by atoms with Crippen molar-refractivity contribution in [1.82, 2.24) is 24.7 Å². The average molecular weight is 541 g/mol. The highest BCUT2D eigenvalue weighted by Crippen LogP contribution is 2.30. The first-order chi connectivity index (χ1) is 19.0. The second kappa shape index (κ2) is 10.7. The Bertz CT molecular complexity index is 1620. The molecule has 1 N–H and O–H groups in total. The second-order valence-corrected chi connectivity index (χ2v) is 10.0. The van der Waals surface area contributed by atoms with Crippen LogP contribution in [-0.2, 0) is 11.2 Å². The second-order valence-electron chi connectivity index (χ2n) is 9.60. The molecule has 0 bridgehead atoms. The lowest BCUT2D eigenvalue weighted by Gasteiger charge is -2.31. The van der Waals surface area contributed by atoms with Gasteiger partial charge in [0.25, 0.3) is 5.91 Å². The van der Waals surface area contributed by atoms with Crippen LogP contribution in [0, 0.1) is 0 Å². The number of nitrogens with one attached hydrogen (secondary N) is 1. The fourth-order valence-corrected chi connectivity index (χ4v) is 5.02. The van der Waals surface area contributed by atoms with E-state index >= 15 is 0 Å². The van der Waals surface area contributed by atoms with Crippen LogP contribution in [-0.4, -0.2) is 49.6 Å². The Morgan fingerprint density at radius 3 is 2.54 bits per heavy atom. The minimum atomic E-state index is -0.151. The zero-order valence-corrected chi connectivity index (χ0v) is 21.7. The van der Waals surface area contributed by atoms with E-state index in [4.69, 9.17) is 16.1 Å². The minimum absolute atomic E-state index is 0.0966. The van der Waals surface area contributed by atoms with Crippen LogP contribution in [0.4, 0.5) is 5.69 Å². The summed E-state index contributed by atoms with van der Waals surface area (Å²) in [5.74, 6) is 0.329. The molecule has 4 heterocycles. The normalized spacial score (nSPS) is 14.0. The van der Waals surface area contributed by atoms with Crippen molar-refractivity contribution in [1.29, 1.82) is 0 Å². The summed E-state index contributed by atoms with van der Waals surface area (Å²) in [5, 5.41) is 11.8. The molecule has 0 spiro atoms. The number of amides is 2. The Morgan fingerprint density at radius 2 is 1.77 bits per heavy atom. The summed E-state index contributed by atoms with van der Waals surface area (Å²) < 4.78 is 7.01. The molecule has 0 radical (unpaired) electrons. The van der Waals surface area contributed by atoms with Gasteiger partial charge in [-0.05, 0) is 60.2 Å². The van der Waals surface area contributed by atoms with Crippen molar-refractivity contribution < 1.29 is 14.1 Å². The van der Waals surface area contributed by atoms with E-state index in [0.717, 1.165) is 35.3 Å². The molecule has 0 saturated carbocycles. The van der Waals surface area contributed by atoms with Gasteiger partial charge < -0.3 is 14.7 Å². The molecule has 1 aliphatic rings. The van der Waals surface area contributed by atoms with Crippen molar-refractivity contribution in [2.24, 2.45) is 0 Å².